The first kappa shape index (κ1) is 14.2. The van der Waals surface area contributed by atoms with Crippen molar-refractivity contribution in [2.24, 2.45) is 5.92 Å². The summed E-state index contributed by atoms with van der Waals surface area (Å²) in [7, 11) is 1.97. The van der Waals surface area contributed by atoms with Gasteiger partial charge in [0.05, 0.1) is 6.10 Å². The van der Waals surface area contributed by atoms with E-state index in [4.69, 9.17) is 4.74 Å². The summed E-state index contributed by atoms with van der Waals surface area (Å²) >= 11 is 0. The molecule has 1 unspecified atom stereocenters. The highest BCUT2D eigenvalue weighted by Gasteiger charge is 2.10. The van der Waals surface area contributed by atoms with E-state index in [2.05, 4.69) is 50.4 Å². The van der Waals surface area contributed by atoms with Gasteiger partial charge in [-0.05, 0) is 31.9 Å². The molecule has 0 heterocycles. The number of likely N-dealkylation sites (N-methyl/N-ethyl adjacent to an activating group) is 1. The van der Waals surface area contributed by atoms with Gasteiger partial charge in [-0.25, -0.2) is 0 Å². The van der Waals surface area contributed by atoms with Crippen LogP contribution in [0.2, 0.25) is 0 Å². The van der Waals surface area contributed by atoms with Gasteiger partial charge in [0.1, 0.15) is 0 Å². The molecule has 96 valence electrons. The van der Waals surface area contributed by atoms with E-state index < -0.39 is 0 Å². The number of hydrogen-bond donors (Lipinski definition) is 1. The van der Waals surface area contributed by atoms with Crippen molar-refractivity contribution < 1.29 is 4.74 Å². The van der Waals surface area contributed by atoms with Gasteiger partial charge in [-0.15, -0.1) is 0 Å². The lowest BCUT2D eigenvalue weighted by atomic mass is 10.1. The van der Waals surface area contributed by atoms with Crippen molar-refractivity contribution in [3.63, 3.8) is 0 Å². The molecule has 1 atom stereocenters. The molecule has 1 N–H and O–H groups in total. The third-order valence-corrected chi connectivity index (χ3v) is 2.85. The van der Waals surface area contributed by atoms with Crippen LogP contribution in [0.1, 0.15) is 37.5 Å². The van der Waals surface area contributed by atoms with Crippen molar-refractivity contribution >= 4 is 0 Å². The summed E-state index contributed by atoms with van der Waals surface area (Å²) in [5.74, 6) is 0.697. The Kier molecular flexibility index (Phi) is 6.23. The topological polar surface area (TPSA) is 21.3 Å². The lowest BCUT2D eigenvalue weighted by Crippen LogP contribution is -2.20. The number of hydrogen-bond acceptors (Lipinski definition) is 2. The van der Waals surface area contributed by atoms with Gasteiger partial charge in [0.15, 0.2) is 0 Å². The second-order valence-corrected chi connectivity index (χ2v) is 5.01. The largest absolute Gasteiger partial charge is 0.372 e. The Morgan fingerprint density at radius 2 is 1.82 bits per heavy atom. The molecule has 0 amide bonds. The molecule has 0 radical (unpaired) electrons. The minimum Gasteiger partial charge on any atom is -0.372 e. The van der Waals surface area contributed by atoms with Gasteiger partial charge in [0.2, 0.25) is 0 Å². The van der Waals surface area contributed by atoms with Crippen molar-refractivity contribution in [1.29, 1.82) is 0 Å². The van der Waals surface area contributed by atoms with E-state index in [1.54, 1.807) is 0 Å². The third kappa shape index (κ3) is 5.33. The van der Waals surface area contributed by atoms with E-state index >= 15 is 0 Å². The monoisotopic (exact) mass is 235 g/mol. The molecule has 0 aliphatic rings. The zero-order chi connectivity index (χ0) is 12.7. The van der Waals surface area contributed by atoms with Gasteiger partial charge in [-0.3, -0.25) is 0 Å². The van der Waals surface area contributed by atoms with E-state index in [0.717, 1.165) is 19.6 Å². The van der Waals surface area contributed by atoms with Crippen molar-refractivity contribution in [1.82, 2.24) is 5.32 Å². The SMILES string of the molecule is CNCC(OCCC(C)C)c1ccc(C)cc1. The standard InChI is InChI=1S/C15H25NO/c1-12(2)9-10-17-15(11-16-4)14-7-5-13(3)6-8-14/h5-8,12,15-16H,9-11H2,1-4H3. The zero-order valence-electron chi connectivity index (χ0n) is 11.5. The number of nitrogens with one attached hydrogen (secondary N) is 1. The first-order chi connectivity index (χ1) is 8.13. The van der Waals surface area contributed by atoms with Crippen LogP contribution in [0.15, 0.2) is 24.3 Å². The van der Waals surface area contributed by atoms with Crippen LogP contribution in [0.3, 0.4) is 0 Å². The van der Waals surface area contributed by atoms with E-state index in [0.29, 0.717) is 5.92 Å². The Morgan fingerprint density at radius 3 is 2.35 bits per heavy atom. The molecular weight excluding hydrogens is 210 g/mol. The fourth-order valence-corrected chi connectivity index (χ4v) is 1.69. The molecule has 0 aliphatic heterocycles. The van der Waals surface area contributed by atoms with Gasteiger partial charge in [-0.2, -0.15) is 0 Å². The third-order valence-electron chi connectivity index (χ3n) is 2.85. The second kappa shape index (κ2) is 7.46. The van der Waals surface area contributed by atoms with Gasteiger partial charge in [-0.1, -0.05) is 43.7 Å². The summed E-state index contributed by atoms with van der Waals surface area (Å²) < 4.78 is 5.96. The quantitative estimate of drug-likeness (QED) is 0.783. The Bertz CT molecular complexity index is 305. The first-order valence-corrected chi connectivity index (χ1v) is 6.46. The summed E-state index contributed by atoms with van der Waals surface area (Å²) in [5, 5.41) is 3.19. The minimum atomic E-state index is 0.166. The fraction of sp³-hybridized carbons (Fsp3) is 0.600. The Hall–Kier alpha value is -0.860. The number of rotatable bonds is 7. The van der Waals surface area contributed by atoms with Crippen LogP contribution >= 0.6 is 0 Å². The molecule has 0 bridgehead atoms. The van der Waals surface area contributed by atoms with Crippen LogP contribution < -0.4 is 5.32 Å². The maximum atomic E-state index is 5.96. The predicted molar refractivity (Wildman–Crippen MR) is 73.3 cm³/mol. The maximum Gasteiger partial charge on any atom is 0.0949 e. The average molecular weight is 235 g/mol. The minimum absolute atomic E-state index is 0.166. The second-order valence-electron chi connectivity index (χ2n) is 5.01. The summed E-state index contributed by atoms with van der Waals surface area (Å²) in [6, 6.07) is 8.60. The number of ether oxygens (including phenoxy) is 1. The lowest BCUT2D eigenvalue weighted by molar-refractivity contribution is 0.0470. The molecule has 0 aliphatic carbocycles. The van der Waals surface area contributed by atoms with E-state index in [9.17, 15) is 0 Å². The first-order valence-electron chi connectivity index (χ1n) is 6.46. The van der Waals surface area contributed by atoms with Crippen LogP contribution in [0.4, 0.5) is 0 Å². The summed E-state index contributed by atoms with van der Waals surface area (Å²) in [4.78, 5) is 0. The van der Waals surface area contributed by atoms with Crippen LogP contribution in [0.25, 0.3) is 0 Å². The van der Waals surface area contributed by atoms with Crippen LogP contribution in [-0.2, 0) is 4.74 Å². The Balaban J connectivity index is 2.55. The summed E-state index contributed by atoms with van der Waals surface area (Å²) in [6.45, 7) is 8.25. The molecule has 1 rings (SSSR count). The number of benzene rings is 1. The average Bonchev–Trinajstić information content (AvgIpc) is 2.29. The molecular formula is C15H25NO. The van der Waals surface area contributed by atoms with Crippen molar-refractivity contribution in [2.45, 2.75) is 33.3 Å². The van der Waals surface area contributed by atoms with Crippen molar-refractivity contribution in [3.8, 4) is 0 Å². The molecule has 1 aromatic rings. The van der Waals surface area contributed by atoms with E-state index in [1.807, 2.05) is 7.05 Å². The van der Waals surface area contributed by atoms with Gasteiger partial charge >= 0.3 is 0 Å². The van der Waals surface area contributed by atoms with Gasteiger partial charge in [0.25, 0.3) is 0 Å². The lowest BCUT2D eigenvalue weighted by Gasteiger charge is -2.19. The highest BCUT2D eigenvalue weighted by molar-refractivity contribution is 5.23. The highest BCUT2D eigenvalue weighted by atomic mass is 16.5. The molecule has 0 saturated heterocycles. The normalized spacial score (nSPS) is 13.0. The molecule has 0 spiro atoms. The Labute approximate surface area is 105 Å². The zero-order valence-corrected chi connectivity index (χ0v) is 11.5. The molecule has 2 heteroatoms. The number of aryl methyl sites for hydroxylation is 1. The summed E-state index contributed by atoms with van der Waals surface area (Å²) in [6.07, 6.45) is 1.28. The fourth-order valence-electron chi connectivity index (χ4n) is 1.69. The van der Waals surface area contributed by atoms with E-state index in [1.165, 1.54) is 11.1 Å². The molecule has 0 saturated carbocycles. The highest BCUT2D eigenvalue weighted by Crippen LogP contribution is 2.18. The summed E-state index contributed by atoms with van der Waals surface area (Å²) in [5.41, 5.74) is 2.55. The van der Waals surface area contributed by atoms with Crippen LogP contribution in [0.5, 0.6) is 0 Å². The van der Waals surface area contributed by atoms with Crippen LogP contribution in [-0.4, -0.2) is 20.2 Å². The van der Waals surface area contributed by atoms with Crippen molar-refractivity contribution in [2.75, 3.05) is 20.2 Å². The molecule has 17 heavy (non-hydrogen) atoms. The molecule has 2 nitrogen and oxygen atoms in total. The molecule has 1 aromatic carbocycles. The Morgan fingerprint density at radius 1 is 1.18 bits per heavy atom. The van der Waals surface area contributed by atoms with Gasteiger partial charge in [0, 0.05) is 13.2 Å². The molecule has 0 aromatic heterocycles. The van der Waals surface area contributed by atoms with Gasteiger partial charge < -0.3 is 10.1 Å². The van der Waals surface area contributed by atoms with E-state index in [-0.39, 0.29) is 6.10 Å². The smallest absolute Gasteiger partial charge is 0.0949 e. The van der Waals surface area contributed by atoms with Crippen molar-refractivity contribution in [3.05, 3.63) is 35.4 Å². The maximum absolute atomic E-state index is 5.96. The predicted octanol–water partition coefficient (Wildman–Crippen LogP) is 3.32. The van der Waals surface area contributed by atoms with Crippen LogP contribution in [0, 0.1) is 12.8 Å². The molecule has 0 fully saturated rings.